The van der Waals surface area contributed by atoms with Crippen LogP contribution in [0.3, 0.4) is 0 Å². The second kappa shape index (κ2) is 25.3. The van der Waals surface area contributed by atoms with Crippen molar-refractivity contribution in [2.24, 2.45) is 0 Å². The van der Waals surface area contributed by atoms with E-state index in [0.717, 1.165) is 59.8 Å². The number of nitrogens with one attached hydrogen (secondary N) is 1. The van der Waals surface area contributed by atoms with Gasteiger partial charge in [-0.2, -0.15) is 0 Å². The molecule has 0 unspecified atom stereocenters. The molecule has 14 heteroatoms. The summed E-state index contributed by atoms with van der Waals surface area (Å²) in [6, 6.07) is 15.7. The number of para-hydroxylation sites is 1. The van der Waals surface area contributed by atoms with Gasteiger partial charge in [-0.05, 0) is 24.5 Å². The lowest BCUT2D eigenvalue weighted by molar-refractivity contribution is -0.125. The highest BCUT2D eigenvalue weighted by molar-refractivity contribution is 6.01. The third-order valence-electron chi connectivity index (χ3n) is 8.23. The number of nitrogens with zero attached hydrogens (tertiary/aromatic N) is 4. The summed E-state index contributed by atoms with van der Waals surface area (Å²) in [6.07, 6.45) is 2.09. The zero-order valence-corrected chi connectivity index (χ0v) is 31.4. The van der Waals surface area contributed by atoms with Crippen LogP contribution in [0.1, 0.15) is 45.1 Å². The minimum atomic E-state index is -0.209. The van der Waals surface area contributed by atoms with E-state index in [0.29, 0.717) is 98.9 Å². The maximum Gasteiger partial charge on any atom is 0.227 e. The van der Waals surface area contributed by atoms with Gasteiger partial charge in [-0.15, -0.1) is 5.10 Å². The van der Waals surface area contributed by atoms with E-state index in [-0.39, 0.29) is 24.7 Å². The SMILES string of the molecule is CCCOCCOCCOCCOCCNC(=O)CCC(=O)N1Cc2ccccc2-c2nnn(CCOCCOCCOCCC)c2-c2ccccc21. The first-order valence-electron chi connectivity index (χ1n) is 18.9. The van der Waals surface area contributed by atoms with Crippen molar-refractivity contribution in [2.45, 2.75) is 52.6 Å². The molecule has 0 saturated heterocycles. The second-order valence-electron chi connectivity index (χ2n) is 12.3. The molecule has 3 aromatic rings. The van der Waals surface area contributed by atoms with Gasteiger partial charge >= 0.3 is 0 Å². The molecule has 1 aromatic heterocycles. The number of hydrogen-bond donors (Lipinski definition) is 1. The van der Waals surface area contributed by atoms with Crippen LogP contribution < -0.4 is 10.2 Å². The van der Waals surface area contributed by atoms with Crippen LogP contribution in [0.2, 0.25) is 0 Å². The molecule has 0 fully saturated rings. The Labute approximate surface area is 313 Å². The van der Waals surface area contributed by atoms with E-state index >= 15 is 0 Å². The van der Waals surface area contributed by atoms with Crippen LogP contribution in [-0.2, 0) is 55.8 Å². The van der Waals surface area contributed by atoms with Gasteiger partial charge in [-0.25, -0.2) is 4.68 Å². The highest BCUT2D eigenvalue weighted by Gasteiger charge is 2.29. The number of carbonyl (C=O) groups is 2. The molecule has 2 aromatic carbocycles. The summed E-state index contributed by atoms with van der Waals surface area (Å²) in [5, 5.41) is 12.0. The Morgan fingerprint density at radius 3 is 1.79 bits per heavy atom. The lowest BCUT2D eigenvalue weighted by atomic mass is 9.95. The molecule has 1 aliphatic rings. The van der Waals surface area contributed by atoms with Crippen LogP contribution in [0, 0.1) is 0 Å². The Morgan fingerprint density at radius 1 is 0.642 bits per heavy atom. The number of fused-ring (bicyclic) bond motifs is 5. The molecule has 53 heavy (non-hydrogen) atoms. The summed E-state index contributed by atoms with van der Waals surface area (Å²) in [6.45, 7) is 12.6. The van der Waals surface area contributed by atoms with E-state index in [9.17, 15) is 9.59 Å². The fraction of sp³-hybridized carbons (Fsp3) is 0.590. The van der Waals surface area contributed by atoms with Gasteiger partial charge in [-0.1, -0.05) is 61.5 Å². The van der Waals surface area contributed by atoms with Crippen molar-refractivity contribution in [3.8, 4) is 22.5 Å². The number of hydrogen-bond acceptors (Lipinski definition) is 11. The van der Waals surface area contributed by atoms with Gasteiger partial charge in [0.1, 0.15) is 5.69 Å². The van der Waals surface area contributed by atoms with E-state index in [1.165, 1.54) is 0 Å². The maximum absolute atomic E-state index is 13.9. The van der Waals surface area contributed by atoms with Crippen molar-refractivity contribution in [1.29, 1.82) is 0 Å². The summed E-state index contributed by atoms with van der Waals surface area (Å²) in [7, 11) is 0. The standard InChI is InChI=1S/C39H57N5O9/c1-3-17-47-21-25-51-28-24-50-20-16-44-39-34-11-7-8-12-35(34)43(31-32-9-5-6-10-33(32)38(39)41-42-44)37(46)14-13-36(45)40-15-19-49-23-27-53-30-29-52-26-22-48-18-4-2/h5-12H,3-4,13-31H2,1-2H3,(H,40,45). The number of carbonyl (C=O) groups excluding carboxylic acids is 2. The average molecular weight is 740 g/mol. The number of aromatic nitrogens is 3. The first kappa shape index (κ1) is 42.0. The molecule has 1 aliphatic heterocycles. The molecule has 2 heterocycles. The largest absolute Gasteiger partial charge is 0.379 e. The molecule has 2 amide bonds. The topological polar surface area (TPSA) is 145 Å². The minimum absolute atomic E-state index is 0.0504. The smallest absolute Gasteiger partial charge is 0.227 e. The third-order valence-corrected chi connectivity index (χ3v) is 8.23. The number of benzene rings is 2. The molecule has 292 valence electrons. The van der Waals surface area contributed by atoms with Crippen LogP contribution in [0.5, 0.6) is 0 Å². The number of ether oxygens (including phenoxy) is 7. The zero-order chi connectivity index (χ0) is 37.4. The van der Waals surface area contributed by atoms with E-state index in [4.69, 9.17) is 33.2 Å². The number of amides is 2. The fourth-order valence-corrected chi connectivity index (χ4v) is 5.64. The van der Waals surface area contributed by atoms with E-state index in [1.807, 2.05) is 53.2 Å². The highest BCUT2D eigenvalue weighted by Crippen LogP contribution is 2.41. The van der Waals surface area contributed by atoms with Crippen molar-refractivity contribution in [3.63, 3.8) is 0 Å². The quantitative estimate of drug-likeness (QED) is 0.107. The van der Waals surface area contributed by atoms with Crippen molar-refractivity contribution in [3.05, 3.63) is 54.1 Å². The highest BCUT2D eigenvalue weighted by atomic mass is 16.6. The Morgan fingerprint density at radius 2 is 1.17 bits per heavy atom. The summed E-state index contributed by atoms with van der Waals surface area (Å²) in [5.74, 6) is -0.363. The van der Waals surface area contributed by atoms with E-state index in [1.54, 1.807) is 4.90 Å². The Balaban J connectivity index is 1.25. The fourth-order valence-electron chi connectivity index (χ4n) is 5.64. The number of rotatable bonds is 28. The van der Waals surface area contributed by atoms with Crippen LogP contribution in [-0.4, -0.2) is 126 Å². The van der Waals surface area contributed by atoms with Gasteiger partial charge in [-0.3, -0.25) is 9.59 Å². The van der Waals surface area contributed by atoms with E-state index < -0.39 is 0 Å². The Bertz CT molecular complexity index is 1490. The lowest BCUT2D eigenvalue weighted by Gasteiger charge is -2.28. The van der Waals surface area contributed by atoms with Gasteiger partial charge in [0, 0.05) is 43.7 Å². The molecule has 14 nitrogen and oxygen atoms in total. The minimum Gasteiger partial charge on any atom is -0.379 e. The second-order valence-corrected chi connectivity index (χ2v) is 12.3. The summed E-state index contributed by atoms with van der Waals surface area (Å²) >= 11 is 0. The van der Waals surface area contributed by atoms with Crippen LogP contribution in [0.15, 0.2) is 48.5 Å². The average Bonchev–Trinajstić information content (AvgIpc) is 3.59. The monoisotopic (exact) mass is 739 g/mol. The van der Waals surface area contributed by atoms with Gasteiger partial charge in [0.15, 0.2) is 0 Å². The molecule has 0 atom stereocenters. The zero-order valence-electron chi connectivity index (χ0n) is 31.4. The normalized spacial score (nSPS) is 12.2. The third kappa shape index (κ3) is 14.5. The summed E-state index contributed by atoms with van der Waals surface area (Å²) in [4.78, 5) is 28.3. The van der Waals surface area contributed by atoms with Crippen molar-refractivity contribution in [2.75, 3.05) is 104 Å². The molecule has 0 bridgehead atoms. The van der Waals surface area contributed by atoms with Crippen LogP contribution in [0.25, 0.3) is 22.5 Å². The molecule has 0 saturated carbocycles. The number of anilines is 1. The lowest BCUT2D eigenvalue weighted by Crippen LogP contribution is -2.34. The van der Waals surface area contributed by atoms with Gasteiger partial charge in [0.25, 0.3) is 0 Å². The molecule has 0 spiro atoms. The predicted octanol–water partition coefficient (Wildman–Crippen LogP) is 4.29. The van der Waals surface area contributed by atoms with Crippen LogP contribution in [0.4, 0.5) is 5.69 Å². The first-order valence-corrected chi connectivity index (χ1v) is 18.9. The maximum atomic E-state index is 13.9. The van der Waals surface area contributed by atoms with Crippen molar-refractivity contribution in [1.82, 2.24) is 20.3 Å². The summed E-state index contributed by atoms with van der Waals surface area (Å²) < 4.78 is 40.6. The predicted molar refractivity (Wildman–Crippen MR) is 201 cm³/mol. The van der Waals surface area contributed by atoms with Crippen molar-refractivity contribution >= 4 is 17.5 Å². The molecule has 1 N–H and O–H groups in total. The molecule has 0 aliphatic carbocycles. The van der Waals surface area contributed by atoms with E-state index in [2.05, 4.69) is 29.5 Å². The van der Waals surface area contributed by atoms with Crippen LogP contribution >= 0.6 is 0 Å². The molecular formula is C39H57N5O9. The molecule has 4 rings (SSSR count). The molecule has 0 radical (unpaired) electrons. The van der Waals surface area contributed by atoms with Crippen molar-refractivity contribution < 1.29 is 42.7 Å². The molecular weight excluding hydrogens is 682 g/mol. The first-order chi connectivity index (χ1) is 26.1. The van der Waals surface area contributed by atoms with Gasteiger partial charge in [0.05, 0.1) is 104 Å². The Kier molecular flexibility index (Phi) is 20.0. The van der Waals surface area contributed by atoms with Gasteiger partial charge < -0.3 is 43.4 Å². The Hall–Kier alpha value is -3.76. The van der Waals surface area contributed by atoms with Gasteiger partial charge in [0.2, 0.25) is 11.8 Å². The summed E-state index contributed by atoms with van der Waals surface area (Å²) in [5.41, 5.74) is 4.98.